The van der Waals surface area contributed by atoms with E-state index in [0.29, 0.717) is 18.7 Å². The second-order valence-electron chi connectivity index (χ2n) is 9.51. The van der Waals surface area contributed by atoms with E-state index < -0.39 is 17.4 Å². The summed E-state index contributed by atoms with van der Waals surface area (Å²) in [5.41, 5.74) is 1.43. The van der Waals surface area contributed by atoms with Crippen LogP contribution in [0, 0.1) is 5.82 Å². The molecule has 0 aromatic heterocycles. The van der Waals surface area contributed by atoms with Gasteiger partial charge in [-0.25, -0.2) is 9.18 Å². The van der Waals surface area contributed by atoms with Crippen molar-refractivity contribution in [1.29, 1.82) is 0 Å². The smallest absolute Gasteiger partial charge is 0.338 e. The highest BCUT2D eigenvalue weighted by atomic mass is 35.5. The second kappa shape index (κ2) is 13.7. The standard InChI is InChI=1S/C30H35ClFNO5/c1-5-37-29(34)22-12-14-26(38-16-15-36-4)28(32)27(22)23-17-21(11-13-25(23)31)24(18-33-19-30(2,3)35)20-9-7-6-8-10-20/h6-14,17,24,33,35H,5,15-16,18-19H2,1-4H3. The highest BCUT2D eigenvalue weighted by Gasteiger charge is 2.25. The normalized spacial score (nSPS) is 12.3. The third-order valence-corrected chi connectivity index (χ3v) is 6.25. The minimum Gasteiger partial charge on any atom is -0.488 e. The monoisotopic (exact) mass is 543 g/mol. The van der Waals surface area contributed by atoms with E-state index in [9.17, 15) is 9.90 Å². The molecule has 0 aliphatic heterocycles. The van der Waals surface area contributed by atoms with Crippen molar-refractivity contribution in [1.82, 2.24) is 5.32 Å². The molecule has 3 aromatic rings. The fourth-order valence-electron chi connectivity index (χ4n) is 4.13. The van der Waals surface area contributed by atoms with Crippen LogP contribution in [-0.4, -0.2) is 56.7 Å². The molecule has 6 nitrogen and oxygen atoms in total. The zero-order valence-corrected chi connectivity index (χ0v) is 23.0. The lowest BCUT2D eigenvalue weighted by Crippen LogP contribution is -2.36. The van der Waals surface area contributed by atoms with Crippen molar-refractivity contribution in [2.24, 2.45) is 0 Å². The first-order chi connectivity index (χ1) is 18.2. The largest absolute Gasteiger partial charge is 0.488 e. The molecule has 0 saturated heterocycles. The molecule has 0 aliphatic carbocycles. The first-order valence-corrected chi connectivity index (χ1v) is 12.9. The van der Waals surface area contributed by atoms with Crippen molar-refractivity contribution in [2.75, 3.05) is 40.0 Å². The van der Waals surface area contributed by atoms with Crippen molar-refractivity contribution in [3.63, 3.8) is 0 Å². The van der Waals surface area contributed by atoms with E-state index in [1.165, 1.54) is 19.2 Å². The van der Waals surface area contributed by atoms with E-state index >= 15 is 4.39 Å². The summed E-state index contributed by atoms with van der Waals surface area (Å²) in [7, 11) is 1.53. The summed E-state index contributed by atoms with van der Waals surface area (Å²) in [6.07, 6.45) is 0. The number of halogens is 2. The summed E-state index contributed by atoms with van der Waals surface area (Å²) >= 11 is 6.62. The molecule has 204 valence electrons. The maximum absolute atomic E-state index is 15.9. The Morgan fingerprint density at radius 2 is 1.82 bits per heavy atom. The Kier molecular flexibility index (Phi) is 10.7. The number of nitrogens with one attached hydrogen (secondary N) is 1. The summed E-state index contributed by atoms with van der Waals surface area (Å²) in [5.74, 6) is -1.51. The van der Waals surface area contributed by atoms with Gasteiger partial charge in [0.15, 0.2) is 11.6 Å². The predicted molar refractivity (Wildman–Crippen MR) is 148 cm³/mol. The van der Waals surface area contributed by atoms with Crippen LogP contribution in [0.1, 0.15) is 48.2 Å². The highest BCUT2D eigenvalue weighted by Crippen LogP contribution is 2.39. The van der Waals surface area contributed by atoms with Crippen LogP contribution in [0.5, 0.6) is 5.75 Å². The molecule has 3 rings (SSSR count). The Morgan fingerprint density at radius 1 is 1.08 bits per heavy atom. The van der Waals surface area contributed by atoms with Crippen molar-refractivity contribution in [2.45, 2.75) is 32.3 Å². The number of rotatable bonds is 13. The fraction of sp³-hybridized carbons (Fsp3) is 0.367. The van der Waals surface area contributed by atoms with Crippen molar-refractivity contribution in [3.05, 3.63) is 88.2 Å². The Hall–Kier alpha value is -2.97. The van der Waals surface area contributed by atoms with Gasteiger partial charge in [0.2, 0.25) is 0 Å². The summed E-state index contributed by atoms with van der Waals surface area (Å²) in [4.78, 5) is 12.8. The molecular formula is C30H35ClFNO5. The number of hydrogen-bond acceptors (Lipinski definition) is 6. The topological polar surface area (TPSA) is 77.0 Å². The van der Waals surface area contributed by atoms with E-state index in [0.717, 1.165) is 11.1 Å². The fourth-order valence-corrected chi connectivity index (χ4v) is 4.34. The lowest BCUT2D eigenvalue weighted by atomic mass is 9.88. The van der Waals surface area contributed by atoms with Gasteiger partial charge in [-0.3, -0.25) is 0 Å². The van der Waals surface area contributed by atoms with Crippen LogP contribution in [0.15, 0.2) is 60.7 Å². The van der Waals surface area contributed by atoms with Gasteiger partial charge < -0.3 is 24.6 Å². The van der Waals surface area contributed by atoms with Gasteiger partial charge in [0, 0.05) is 42.3 Å². The van der Waals surface area contributed by atoms with Crippen molar-refractivity contribution in [3.8, 4) is 16.9 Å². The van der Waals surface area contributed by atoms with Crippen molar-refractivity contribution >= 4 is 17.6 Å². The molecule has 0 saturated carbocycles. The van der Waals surface area contributed by atoms with E-state index in [1.54, 1.807) is 32.9 Å². The van der Waals surface area contributed by atoms with Crippen LogP contribution in [-0.2, 0) is 9.47 Å². The van der Waals surface area contributed by atoms with Crippen LogP contribution < -0.4 is 10.1 Å². The lowest BCUT2D eigenvalue weighted by Gasteiger charge is -2.24. The molecule has 0 spiro atoms. The van der Waals surface area contributed by atoms with Gasteiger partial charge in [0.05, 0.1) is 24.4 Å². The zero-order chi connectivity index (χ0) is 27.7. The Bertz CT molecular complexity index is 1210. The first kappa shape index (κ1) is 29.6. The molecule has 0 aliphatic rings. The molecular weight excluding hydrogens is 509 g/mol. The van der Waals surface area contributed by atoms with Gasteiger partial charge in [0.1, 0.15) is 6.61 Å². The zero-order valence-electron chi connectivity index (χ0n) is 22.2. The third kappa shape index (κ3) is 7.77. The quantitative estimate of drug-likeness (QED) is 0.208. The summed E-state index contributed by atoms with van der Waals surface area (Å²) in [6.45, 7) is 6.63. The van der Waals surface area contributed by atoms with Gasteiger partial charge in [-0.05, 0) is 56.2 Å². The molecule has 0 bridgehead atoms. The van der Waals surface area contributed by atoms with E-state index in [4.69, 9.17) is 25.8 Å². The predicted octanol–water partition coefficient (Wildman–Crippen LogP) is 5.84. The molecule has 38 heavy (non-hydrogen) atoms. The summed E-state index contributed by atoms with van der Waals surface area (Å²) < 4.78 is 31.7. The van der Waals surface area contributed by atoms with Crippen LogP contribution in [0.3, 0.4) is 0 Å². The summed E-state index contributed by atoms with van der Waals surface area (Å²) in [6, 6.07) is 18.1. The van der Waals surface area contributed by atoms with Gasteiger partial charge in [-0.15, -0.1) is 0 Å². The SMILES string of the molecule is CCOC(=O)c1ccc(OCCOC)c(F)c1-c1cc(C(CNCC(C)(C)O)c2ccccc2)ccc1Cl. The van der Waals surface area contributed by atoms with Gasteiger partial charge in [-0.1, -0.05) is 48.0 Å². The number of carbonyl (C=O) groups excluding carboxylic acids is 1. The summed E-state index contributed by atoms with van der Waals surface area (Å²) in [5, 5.41) is 13.8. The maximum Gasteiger partial charge on any atom is 0.338 e. The van der Waals surface area contributed by atoms with Gasteiger partial charge in [-0.2, -0.15) is 0 Å². The van der Waals surface area contributed by atoms with E-state index in [1.807, 2.05) is 36.4 Å². The molecule has 3 aromatic carbocycles. The average Bonchev–Trinajstić information content (AvgIpc) is 2.88. The molecule has 0 amide bonds. The molecule has 8 heteroatoms. The van der Waals surface area contributed by atoms with Crippen LogP contribution in [0.2, 0.25) is 5.02 Å². The number of aliphatic hydroxyl groups is 1. The second-order valence-corrected chi connectivity index (χ2v) is 9.92. The Balaban J connectivity index is 2.12. The number of carbonyl (C=O) groups is 1. The van der Waals surface area contributed by atoms with Crippen molar-refractivity contribution < 1.29 is 28.5 Å². The van der Waals surface area contributed by atoms with E-state index in [-0.39, 0.29) is 47.6 Å². The average molecular weight is 544 g/mol. The molecule has 0 heterocycles. The third-order valence-electron chi connectivity index (χ3n) is 5.92. The number of esters is 1. The number of ether oxygens (including phenoxy) is 3. The number of benzene rings is 3. The van der Waals surface area contributed by atoms with Crippen LogP contribution >= 0.6 is 11.6 Å². The Labute approximate surface area is 228 Å². The molecule has 0 fully saturated rings. The van der Waals surface area contributed by atoms with Crippen LogP contribution in [0.4, 0.5) is 4.39 Å². The number of hydrogen-bond donors (Lipinski definition) is 2. The lowest BCUT2D eigenvalue weighted by molar-refractivity contribution is 0.0526. The van der Waals surface area contributed by atoms with E-state index in [2.05, 4.69) is 5.32 Å². The molecule has 1 unspecified atom stereocenters. The highest BCUT2D eigenvalue weighted by molar-refractivity contribution is 6.33. The van der Waals surface area contributed by atoms with Crippen LogP contribution in [0.25, 0.3) is 11.1 Å². The van der Waals surface area contributed by atoms with Gasteiger partial charge >= 0.3 is 5.97 Å². The Morgan fingerprint density at radius 3 is 2.47 bits per heavy atom. The minimum atomic E-state index is -0.882. The maximum atomic E-state index is 15.9. The molecule has 0 radical (unpaired) electrons. The first-order valence-electron chi connectivity index (χ1n) is 12.6. The minimum absolute atomic E-state index is 0.0153. The van der Waals surface area contributed by atoms with Gasteiger partial charge in [0.25, 0.3) is 0 Å². The molecule has 2 N–H and O–H groups in total. The molecule has 1 atom stereocenters. The number of methoxy groups -OCH3 is 1.